The Morgan fingerprint density at radius 2 is 0.524 bits per heavy atom. The molecule has 0 N–H and O–H groups in total. The van der Waals surface area contributed by atoms with E-state index in [1.54, 1.807) is 0 Å². The molecule has 374 valence electrons. The van der Waals surface area contributed by atoms with Gasteiger partial charge in [0.05, 0.1) is 0 Å². The fraction of sp³-hybridized carbons (Fsp3) is 0.947. The molecule has 0 saturated heterocycles. The maximum Gasteiger partial charge on any atom is 0.306 e. The van der Waals surface area contributed by atoms with Crippen LogP contribution in [-0.4, -0.2) is 37.2 Å². The Kier molecular flexibility index (Phi) is 48.6. The fourth-order valence-corrected chi connectivity index (χ4v) is 8.70. The fourth-order valence-electron chi connectivity index (χ4n) is 8.70. The van der Waals surface area contributed by atoms with Crippen molar-refractivity contribution in [3.63, 3.8) is 0 Å². The van der Waals surface area contributed by atoms with Crippen LogP contribution in [0.1, 0.15) is 317 Å². The summed E-state index contributed by atoms with van der Waals surface area (Å²) in [6.45, 7) is 11.3. The molecule has 0 radical (unpaired) electrons. The van der Waals surface area contributed by atoms with E-state index in [9.17, 15) is 14.4 Å². The first-order valence-corrected chi connectivity index (χ1v) is 28.2. The van der Waals surface area contributed by atoms with E-state index in [0.717, 1.165) is 69.6 Å². The highest BCUT2D eigenvalue weighted by molar-refractivity contribution is 5.71. The van der Waals surface area contributed by atoms with Crippen LogP contribution >= 0.6 is 0 Å². The molecule has 0 fully saturated rings. The summed E-state index contributed by atoms with van der Waals surface area (Å²) in [7, 11) is 0. The first kappa shape index (κ1) is 61.4. The normalized spacial score (nSPS) is 12.0. The molecule has 0 aliphatic rings. The average molecular weight is 892 g/mol. The Balaban J connectivity index is 4.22. The highest BCUT2D eigenvalue weighted by Crippen LogP contribution is 2.18. The van der Waals surface area contributed by atoms with Gasteiger partial charge >= 0.3 is 17.9 Å². The van der Waals surface area contributed by atoms with E-state index in [-0.39, 0.29) is 31.1 Å². The second kappa shape index (κ2) is 49.8. The summed E-state index contributed by atoms with van der Waals surface area (Å²) in [4.78, 5) is 38.0. The number of rotatable bonds is 51. The molecule has 6 heteroatoms. The number of carbonyl (C=O) groups is 3. The number of esters is 3. The molecule has 0 spiro atoms. The molecule has 0 aromatic carbocycles. The van der Waals surface area contributed by atoms with Crippen molar-refractivity contribution in [3.05, 3.63) is 0 Å². The van der Waals surface area contributed by atoms with Crippen LogP contribution in [0.3, 0.4) is 0 Å². The zero-order chi connectivity index (χ0) is 46.1. The summed E-state index contributed by atoms with van der Waals surface area (Å²) < 4.78 is 16.8. The van der Waals surface area contributed by atoms with Gasteiger partial charge in [-0.15, -0.1) is 0 Å². The predicted octanol–water partition coefficient (Wildman–Crippen LogP) is 18.5. The van der Waals surface area contributed by atoms with E-state index in [4.69, 9.17) is 14.2 Å². The van der Waals surface area contributed by atoms with Crippen molar-refractivity contribution in [2.24, 2.45) is 11.8 Å². The van der Waals surface area contributed by atoms with Gasteiger partial charge in [-0.1, -0.05) is 279 Å². The third-order valence-corrected chi connectivity index (χ3v) is 13.0. The van der Waals surface area contributed by atoms with Crippen LogP contribution in [0, 0.1) is 11.8 Å². The van der Waals surface area contributed by atoms with E-state index in [1.165, 1.54) is 205 Å². The minimum Gasteiger partial charge on any atom is -0.462 e. The number of hydrogen-bond donors (Lipinski definition) is 0. The number of unbranched alkanes of at least 4 members (excludes halogenated alkanes) is 36. The van der Waals surface area contributed by atoms with Gasteiger partial charge in [-0.2, -0.15) is 0 Å². The maximum atomic E-state index is 12.8. The third-order valence-electron chi connectivity index (χ3n) is 13.0. The predicted molar refractivity (Wildman–Crippen MR) is 270 cm³/mol. The number of hydrogen-bond acceptors (Lipinski definition) is 6. The van der Waals surface area contributed by atoms with Gasteiger partial charge in [0.1, 0.15) is 13.2 Å². The van der Waals surface area contributed by atoms with Crippen molar-refractivity contribution >= 4 is 17.9 Å². The van der Waals surface area contributed by atoms with Crippen molar-refractivity contribution in [2.45, 2.75) is 323 Å². The molecular weight excluding hydrogens is 781 g/mol. The molecule has 0 rings (SSSR count). The summed E-state index contributed by atoms with van der Waals surface area (Å²) in [6, 6.07) is 0. The lowest BCUT2D eigenvalue weighted by molar-refractivity contribution is -0.167. The first-order chi connectivity index (χ1) is 30.7. The Bertz CT molecular complexity index is 962. The highest BCUT2D eigenvalue weighted by atomic mass is 16.6. The van der Waals surface area contributed by atoms with E-state index in [0.29, 0.717) is 19.3 Å². The minimum absolute atomic E-state index is 0.0637. The third kappa shape index (κ3) is 51.3. The summed E-state index contributed by atoms with van der Waals surface area (Å²) in [6.07, 6.45) is 52.5. The lowest BCUT2D eigenvalue weighted by atomic mass is 10.0. The monoisotopic (exact) mass is 891 g/mol. The molecule has 0 heterocycles. The van der Waals surface area contributed by atoms with Gasteiger partial charge in [-0.25, -0.2) is 0 Å². The lowest BCUT2D eigenvalue weighted by Gasteiger charge is -2.18. The number of ether oxygens (including phenoxy) is 3. The SMILES string of the molecule is CCCCCCCCCCCCCCCCCCCC(=O)OC[C@@H](COC(=O)CCCCCCCCC(C)C)OC(=O)CCCCCCCCCCCCCCCCCCC(C)C. The Hall–Kier alpha value is -1.59. The van der Waals surface area contributed by atoms with Crippen molar-refractivity contribution in [1.82, 2.24) is 0 Å². The summed E-state index contributed by atoms with van der Waals surface area (Å²) in [5.41, 5.74) is 0. The van der Waals surface area contributed by atoms with Crippen LogP contribution in [0.2, 0.25) is 0 Å². The summed E-state index contributed by atoms with van der Waals surface area (Å²) in [5, 5.41) is 0. The average Bonchev–Trinajstić information content (AvgIpc) is 3.25. The van der Waals surface area contributed by atoms with Crippen LogP contribution in [0.5, 0.6) is 0 Å². The molecule has 6 nitrogen and oxygen atoms in total. The number of carbonyl (C=O) groups excluding carboxylic acids is 3. The summed E-state index contributed by atoms with van der Waals surface area (Å²) in [5.74, 6) is 0.768. The van der Waals surface area contributed by atoms with Crippen molar-refractivity contribution in [3.8, 4) is 0 Å². The molecule has 0 aliphatic carbocycles. The van der Waals surface area contributed by atoms with Gasteiger partial charge in [0.25, 0.3) is 0 Å². The zero-order valence-corrected chi connectivity index (χ0v) is 43.2. The van der Waals surface area contributed by atoms with E-state index in [1.807, 2.05) is 0 Å². The molecule has 0 saturated carbocycles. The summed E-state index contributed by atoms with van der Waals surface area (Å²) >= 11 is 0. The molecule has 63 heavy (non-hydrogen) atoms. The van der Waals surface area contributed by atoms with Gasteiger partial charge < -0.3 is 14.2 Å². The van der Waals surface area contributed by atoms with Crippen molar-refractivity contribution < 1.29 is 28.6 Å². The van der Waals surface area contributed by atoms with Gasteiger partial charge in [-0.05, 0) is 31.1 Å². The maximum absolute atomic E-state index is 12.8. The van der Waals surface area contributed by atoms with E-state index >= 15 is 0 Å². The Labute approximate surface area is 393 Å². The Morgan fingerprint density at radius 1 is 0.302 bits per heavy atom. The largest absolute Gasteiger partial charge is 0.462 e. The highest BCUT2D eigenvalue weighted by Gasteiger charge is 2.19. The minimum atomic E-state index is -0.763. The van der Waals surface area contributed by atoms with Crippen molar-refractivity contribution in [2.75, 3.05) is 13.2 Å². The Morgan fingerprint density at radius 3 is 0.778 bits per heavy atom. The van der Waals surface area contributed by atoms with Crippen molar-refractivity contribution in [1.29, 1.82) is 0 Å². The van der Waals surface area contributed by atoms with Gasteiger partial charge in [0.2, 0.25) is 0 Å². The second-order valence-corrected chi connectivity index (χ2v) is 20.5. The smallest absolute Gasteiger partial charge is 0.306 e. The molecule has 0 bridgehead atoms. The van der Waals surface area contributed by atoms with Crippen LogP contribution in [-0.2, 0) is 28.6 Å². The standard InChI is InChI=1S/C57H110O6/c1-6-7-8-9-10-11-12-13-14-15-19-22-25-28-31-37-42-47-55(58)61-50-54(51-62-56(59)48-43-38-34-33-36-41-46-53(4)5)63-57(60)49-44-39-32-29-26-23-20-17-16-18-21-24-27-30-35-40-45-52(2)3/h52-54H,6-51H2,1-5H3/t54-/m0/s1. The molecule has 0 amide bonds. The quantitative estimate of drug-likeness (QED) is 0.0344. The lowest BCUT2D eigenvalue weighted by Crippen LogP contribution is -2.30. The van der Waals surface area contributed by atoms with E-state index < -0.39 is 6.10 Å². The van der Waals surface area contributed by atoms with Gasteiger partial charge in [0, 0.05) is 19.3 Å². The van der Waals surface area contributed by atoms with Gasteiger partial charge in [-0.3, -0.25) is 14.4 Å². The van der Waals surface area contributed by atoms with Crippen LogP contribution in [0.25, 0.3) is 0 Å². The van der Waals surface area contributed by atoms with Crippen LogP contribution in [0.15, 0.2) is 0 Å². The molecule has 0 unspecified atom stereocenters. The van der Waals surface area contributed by atoms with Gasteiger partial charge in [0.15, 0.2) is 6.10 Å². The zero-order valence-electron chi connectivity index (χ0n) is 43.2. The second-order valence-electron chi connectivity index (χ2n) is 20.5. The van der Waals surface area contributed by atoms with Crippen LogP contribution in [0.4, 0.5) is 0 Å². The molecule has 0 aliphatic heterocycles. The van der Waals surface area contributed by atoms with Crippen LogP contribution < -0.4 is 0 Å². The molecule has 0 aromatic heterocycles. The first-order valence-electron chi connectivity index (χ1n) is 28.2. The molecule has 1 atom stereocenters. The topological polar surface area (TPSA) is 78.9 Å². The van der Waals surface area contributed by atoms with E-state index in [2.05, 4.69) is 34.6 Å². The molecule has 0 aromatic rings. The molecular formula is C57H110O6.